The second-order valence-corrected chi connectivity index (χ2v) is 7.58. The van der Waals surface area contributed by atoms with Crippen molar-refractivity contribution in [2.24, 2.45) is 0 Å². The fourth-order valence-corrected chi connectivity index (χ4v) is 3.67. The van der Waals surface area contributed by atoms with Crippen LogP contribution in [-0.2, 0) is 16.4 Å². The van der Waals surface area contributed by atoms with Crippen molar-refractivity contribution in [3.8, 4) is 0 Å². The zero-order valence-electron chi connectivity index (χ0n) is 13.0. The summed E-state index contributed by atoms with van der Waals surface area (Å²) in [5.74, 6) is 0.607. The van der Waals surface area contributed by atoms with Gasteiger partial charge in [-0.25, -0.2) is 13.1 Å². The Morgan fingerprint density at radius 1 is 1.27 bits per heavy atom. The van der Waals surface area contributed by atoms with E-state index >= 15 is 0 Å². The number of benzene rings is 1. The molecular weight excluding hydrogens is 302 g/mol. The number of aryl methyl sites for hydroxylation is 2. The van der Waals surface area contributed by atoms with Gasteiger partial charge in [0.15, 0.2) is 0 Å². The Morgan fingerprint density at radius 3 is 2.59 bits per heavy atom. The molecule has 1 aromatic heterocycles. The highest BCUT2D eigenvalue weighted by atomic mass is 32.2. The number of hydrogen-bond donors (Lipinski definition) is 2. The smallest absolute Gasteiger partial charge is 0.240 e. The summed E-state index contributed by atoms with van der Waals surface area (Å²) in [6.07, 6.45) is 1.75. The van der Waals surface area contributed by atoms with Gasteiger partial charge in [0.1, 0.15) is 5.76 Å². The summed E-state index contributed by atoms with van der Waals surface area (Å²) in [6, 6.07) is 8.62. The van der Waals surface area contributed by atoms with Gasteiger partial charge in [0.05, 0.1) is 16.8 Å². The van der Waals surface area contributed by atoms with Crippen molar-refractivity contribution < 1.29 is 17.9 Å². The highest BCUT2D eigenvalue weighted by Gasteiger charge is 2.26. The second kappa shape index (κ2) is 6.24. The largest absolute Gasteiger partial charge is 0.469 e. The first-order valence-corrected chi connectivity index (χ1v) is 8.50. The van der Waals surface area contributed by atoms with Crippen LogP contribution in [0.3, 0.4) is 0 Å². The van der Waals surface area contributed by atoms with Gasteiger partial charge >= 0.3 is 0 Å². The van der Waals surface area contributed by atoms with Crippen LogP contribution in [0, 0.1) is 13.8 Å². The predicted octanol–water partition coefficient (Wildman–Crippen LogP) is 2.17. The minimum atomic E-state index is -3.66. The van der Waals surface area contributed by atoms with E-state index in [0.29, 0.717) is 11.3 Å². The fourth-order valence-electron chi connectivity index (χ4n) is 2.28. The minimum Gasteiger partial charge on any atom is -0.469 e. The summed E-state index contributed by atoms with van der Waals surface area (Å²) in [6.45, 7) is 5.14. The van der Waals surface area contributed by atoms with E-state index in [0.717, 1.165) is 5.56 Å². The van der Waals surface area contributed by atoms with Crippen molar-refractivity contribution in [1.82, 2.24) is 4.72 Å². The van der Waals surface area contributed by atoms with Crippen molar-refractivity contribution >= 4 is 10.0 Å². The molecule has 0 bridgehead atoms. The molecule has 6 heteroatoms. The number of nitrogens with one attached hydrogen (secondary N) is 1. The molecule has 0 radical (unpaired) electrons. The molecule has 0 fully saturated rings. The molecule has 22 heavy (non-hydrogen) atoms. The van der Waals surface area contributed by atoms with Crippen molar-refractivity contribution in [3.05, 3.63) is 53.5 Å². The highest BCUT2D eigenvalue weighted by Crippen LogP contribution is 2.18. The second-order valence-electron chi connectivity index (χ2n) is 5.85. The Hall–Kier alpha value is -1.63. The van der Waals surface area contributed by atoms with Gasteiger partial charge in [-0.2, -0.15) is 0 Å². The van der Waals surface area contributed by atoms with E-state index in [1.165, 1.54) is 6.26 Å². The molecule has 0 saturated heterocycles. The van der Waals surface area contributed by atoms with E-state index in [-0.39, 0.29) is 17.9 Å². The summed E-state index contributed by atoms with van der Waals surface area (Å²) >= 11 is 0. The van der Waals surface area contributed by atoms with Crippen molar-refractivity contribution in [3.63, 3.8) is 0 Å². The molecular formula is C16H21NO4S. The van der Waals surface area contributed by atoms with E-state index in [1.54, 1.807) is 38.1 Å². The summed E-state index contributed by atoms with van der Waals surface area (Å²) < 4.78 is 32.4. The lowest BCUT2D eigenvalue weighted by Crippen LogP contribution is -2.42. The van der Waals surface area contributed by atoms with Crippen LogP contribution in [0.25, 0.3) is 0 Å². The minimum absolute atomic E-state index is 0.0939. The standard InChI is InChI=1S/C16H21NO4S/c1-12-6-7-15(13(2)9-12)22(19,20)17-11-16(3,18)10-14-5-4-8-21-14/h4-9,17-18H,10-11H2,1-3H3. The van der Waals surface area contributed by atoms with Crippen LogP contribution >= 0.6 is 0 Å². The Kier molecular flexibility index (Phi) is 4.75. The molecule has 1 atom stereocenters. The summed E-state index contributed by atoms with van der Waals surface area (Å²) in [7, 11) is -3.66. The number of rotatable bonds is 6. The van der Waals surface area contributed by atoms with E-state index in [9.17, 15) is 13.5 Å². The quantitative estimate of drug-likeness (QED) is 0.854. The maximum absolute atomic E-state index is 12.4. The van der Waals surface area contributed by atoms with Crippen LogP contribution in [-0.4, -0.2) is 25.7 Å². The molecule has 2 rings (SSSR count). The first-order chi connectivity index (χ1) is 10.2. The SMILES string of the molecule is Cc1ccc(S(=O)(=O)NCC(C)(O)Cc2ccco2)c(C)c1. The van der Waals surface area contributed by atoms with E-state index in [1.807, 2.05) is 13.0 Å². The maximum atomic E-state index is 12.4. The lowest BCUT2D eigenvalue weighted by atomic mass is 10.0. The highest BCUT2D eigenvalue weighted by molar-refractivity contribution is 7.89. The molecule has 5 nitrogen and oxygen atoms in total. The summed E-state index contributed by atoms with van der Waals surface area (Å²) in [5.41, 5.74) is 0.447. The Morgan fingerprint density at radius 2 is 2.00 bits per heavy atom. The molecule has 0 aliphatic heterocycles. The van der Waals surface area contributed by atoms with Crippen LogP contribution in [0.5, 0.6) is 0 Å². The monoisotopic (exact) mass is 323 g/mol. The van der Waals surface area contributed by atoms with Crippen molar-refractivity contribution in [1.29, 1.82) is 0 Å². The van der Waals surface area contributed by atoms with Gasteiger partial charge in [0.2, 0.25) is 10.0 Å². The molecule has 0 amide bonds. The first kappa shape index (κ1) is 16.7. The molecule has 2 aromatic rings. The third-order valence-corrected chi connectivity index (χ3v) is 4.96. The van der Waals surface area contributed by atoms with E-state index in [4.69, 9.17) is 4.42 Å². The molecule has 1 aromatic carbocycles. The van der Waals surface area contributed by atoms with Crippen LogP contribution < -0.4 is 4.72 Å². The Balaban J connectivity index is 2.08. The topological polar surface area (TPSA) is 79.5 Å². The molecule has 2 N–H and O–H groups in total. The lowest BCUT2D eigenvalue weighted by molar-refractivity contribution is 0.0603. The normalized spacial score (nSPS) is 14.7. The first-order valence-electron chi connectivity index (χ1n) is 7.01. The van der Waals surface area contributed by atoms with Crippen LogP contribution in [0.1, 0.15) is 23.8 Å². The average molecular weight is 323 g/mol. The molecule has 0 aliphatic carbocycles. The van der Waals surface area contributed by atoms with Crippen LogP contribution in [0.2, 0.25) is 0 Å². The summed E-state index contributed by atoms with van der Waals surface area (Å²) in [5, 5.41) is 10.3. The molecule has 1 unspecified atom stereocenters. The van der Waals surface area contributed by atoms with Crippen LogP contribution in [0.4, 0.5) is 0 Å². The van der Waals surface area contributed by atoms with Gasteiger partial charge in [-0.05, 0) is 44.5 Å². The molecule has 120 valence electrons. The van der Waals surface area contributed by atoms with Gasteiger partial charge < -0.3 is 9.52 Å². The van der Waals surface area contributed by atoms with E-state index < -0.39 is 15.6 Å². The zero-order valence-corrected chi connectivity index (χ0v) is 13.8. The summed E-state index contributed by atoms with van der Waals surface area (Å²) in [4.78, 5) is 0.229. The number of furan rings is 1. The third-order valence-electron chi connectivity index (χ3n) is 3.40. The van der Waals surface area contributed by atoms with Crippen molar-refractivity contribution in [2.75, 3.05) is 6.54 Å². The third kappa shape index (κ3) is 4.19. The number of sulfonamides is 1. The molecule has 0 spiro atoms. The van der Waals surface area contributed by atoms with Gasteiger partial charge in [-0.1, -0.05) is 17.7 Å². The Labute approximate surface area is 131 Å². The van der Waals surface area contributed by atoms with E-state index in [2.05, 4.69) is 4.72 Å². The zero-order chi connectivity index (χ0) is 16.4. The van der Waals surface area contributed by atoms with Crippen LogP contribution in [0.15, 0.2) is 45.9 Å². The molecule has 0 aliphatic rings. The van der Waals surface area contributed by atoms with Gasteiger partial charge in [0.25, 0.3) is 0 Å². The molecule has 0 saturated carbocycles. The molecule has 1 heterocycles. The van der Waals surface area contributed by atoms with Gasteiger partial charge in [-0.3, -0.25) is 0 Å². The lowest BCUT2D eigenvalue weighted by Gasteiger charge is -2.22. The average Bonchev–Trinajstić information content (AvgIpc) is 2.88. The maximum Gasteiger partial charge on any atom is 0.240 e. The Bertz CT molecular complexity index is 734. The van der Waals surface area contributed by atoms with Gasteiger partial charge in [-0.15, -0.1) is 0 Å². The van der Waals surface area contributed by atoms with Crippen molar-refractivity contribution in [2.45, 2.75) is 37.7 Å². The van der Waals surface area contributed by atoms with Gasteiger partial charge in [0, 0.05) is 13.0 Å². The fraction of sp³-hybridized carbons (Fsp3) is 0.375. The number of aliphatic hydroxyl groups is 1. The predicted molar refractivity (Wildman–Crippen MR) is 84.1 cm³/mol. The number of hydrogen-bond acceptors (Lipinski definition) is 4.